The molecule has 2 saturated carbocycles. The molecule has 0 aromatic carbocycles. The van der Waals surface area contributed by atoms with Crippen molar-refractivity contribution in [3.8, 4) is 0 Å². The first kappa shape index (κ1) is 18.4. The maximum atomic E-state index is 11.0. The molecule has 0 radical (unpaired) electrons. The lowest BCUT2D eigenvalue weighted by atomic mass is 9.45. The zero-order valence-corrected chi connectivity index (χ0v) is 17.4. The van der Waals surface area contributed by atoms with Gasteiger partial charge in [-0.25, -0.2) is 0 Å². The van der Waals surface area contributed by atoms with Crippen molar-refractivity contribution >= 4 is 5.57 Å². The van der Waals surface area contributed by atoms with Gasteiger partial charge in [0.25, 0.3) is 0 Å². The Kier molecular flexibility index (Phi) is 4.07. The van der Waals surface area contributed by atoms with E-state index in [4.69, 9.17) is 0 Å². The first-order valence-corrected chi connectivity index (χ1v) is 11.1. The van der Waals surface area contributed by atoms with Gasteiger partial charge in [-0.1, -0.05) is 38.5 Å². The summed E-state index contributed by atoms with van der Waals surface area (Å²) in [6.07, 6.45) is 12.1. The van der Waals surface area contributed by atoms with Crippen LogP contribution in [-0.2, 0) is 0 Å². The minimum absolute atomic E-state index is 0.0262. The van der Waals surface area contributed by atoms with Crippen molar-refractivity contribution in [1.29, 1.82) is 0 Å². The van der Waals surface area contributed by atoms with Crippen LogP contribution >= 0.6 is 0 Å². The largest absolute Gasteiger partial charge is 0.512 e. The highest BCUT2D eigenvalue weighted by molar-refractivity contribution is 5.74. The summed E-state index contributed by atoms with van der Waals surface area (Å²) in [5, 5.41) is 21.3. The third-order valence-electron chi connectivity index (χ3n) is 9.02. The van der Waals surface area contributed by atoms with Crippen LogP contribution in [0.5, 0.6) is 0 Å². The van der Waals surface area contributed by atoms with Gasteiger partial charge in [0.1, 0.15) is 0 Å². The van der Waals surface area contributed by atoms with Crippen LogP contribution in [0.2, 0.25) is 0 Å². The molecule has 1 heterocycles. The second kappa shape index (κ2) is 6.19. The van der Waals surface area contributed by atoms with Crippen LogP contribution in [0.15, 0.2) is 41.9 Å². The summed E-state index contributed by atoms with van der Waals surface area (Å²) in [5.74, 6) is 2.84. The van der Waals surface area contributed by atoms with Crippen LogP contribution in [0.25, 0.3) is 5.57 Å². The highest BCUT2D eigenvalue weighted by Gasteiger charge is 2.59. The number of rotatable bonds is 1. The van der Waals surface area contributed by atoms with Gasteiger partial charge in [-0.3, -0.25) is 4.98 Å². The van der Waals surface area contributed by atoms with Crippen molar-refractivity contribution in [1.82, 2.24) is 4.98 Å². The molecule has 0 unspecified atom stereocenters. The van der Waals surface area contributed by atoms with Crippen molar-refractivity contribution in [2.75, 3.05) is 0 Å². The van der Waals surface area contributed by atoms with Crippen molar-refractivity contribution in [2.45, 2.75) is 65.4 Å². The lowest BCUT2D eigenvalue weighted by Gasteiger charge is -2.59. The van der Waals surface area contributed by atoms with E-state index < -0.39 is 0 Å². The smallest absolute Gasteiger partial charge is 0.0969 e. The molecule has 3 heteroatoms. The van der Waals surface area contributed by atoms with Gasteiger partial charge < -0.3 is 10.2 Å². The summed E-state index contributed by atoms with van der Waals surface area (Å²) >= 11 is 0. The molecule has 28 heavy (non-hydrogen) atoms. The lowest BCUT2D eigenvalue weighted by Crippen LogP contribution is -2.52. The van der Waals surface area contributed by atoms with E-state index >= 15 is 0 Å². The summed E-state index contributed by atoms with van der Waals surface area (Å²) < 4.78 is 0. The summed E-state index contributed by atoms with van der Waals surface area (Å²) in [5.41, 5.74) is 4.00. The Labute approximate surface area is 168 Å². The van der Waals surface area contributed by atoms with Gasteiger partial charge in [-0.2, -0.15) is 0 Å². The standard InChI is InChI=1S/C25H33NO2/c1-15-11-17-12-18(27)6-8-24(17,2)19-7-9-25(3)20(22(15)19)13-21(28)23(25)16-5-4-10-26-14-16/h4-5,10-11,14-15,18-20,22,27-28H,6-9,12-13H2,1-3H3/t15-,18+,19+,20+,22-,24+,25+/m1/s1. The fourth-order valence-corrected chi connectivity index (χ4v) is 7.66. The highest BCUT2D eigenvalue weighted by Crippen LogP contribution is 2.68. The molecule has 0 saturated heterocycles. The Hall–Kier alpha value is -1.61. The molecule has 7 atom stereocenters. The first-order valence-electron chi connectivity index (χ1n) is 11.1. The summed E-state index contributed by atoms with van der Waals surface area (Å²) in [6, 6.07) is 4.08. The number of pyridine rings is 1. The van der Waals surface area contributed by atoms with Crippen LogP contribution in [0.1, 0.15) is 64.9 Å². The quantitative estimate of drug-likeness (QED) is 0.631. The molecule has 2 N–H and O–H groups in total. The van der Waals surface area contributed by atoms with Crippen LogP contribution in [0, 0.1) is 34.5 Å². The van der Waals surface area contributed by atoms with Gasteiger partial charge in [-0.05, 0) is 78.2 Å². The molecule has 4 aliphatic carbocycles. The Morgan fingerprint density at radius 3 is 2.61 bits per heavy atom. The number of aromatic nitrogens is 1. The van der Waals surface area contributed by atoms with Crippen LogP contribution < -0.4 is 0 Å². The fraction of sp³-hybridized carbons (Fsp3) is 0.640. The normalized spacial score (nSPS) is 45.1. The Balaban J connectivity index is 1.55. The summed E-state index contributed by atoms with van der Waals surface area (Å²) in [7, 11) is 0. The molecule has 2 fully saturated rings. The van der Waals surface area contributed by atoms with E-state index in [1.807, 2.05) is 12.3 Å². The highest BCUT2D eigenvalue weighted by atomic mass is 16.3. The van der Waals surface area contributed by atoms with E-state index in [9.17, 15) is 10.2 Å². The number of fused-ring (bicyclic) bond motifs is 5. The molecular formula is C25H33NO2. The first-order chi connectivity index (χ1) is 13.3. The number of allylic oxidation sites excluding steroid dienone is 3. The average Bonchev–Trinajstić information content (AvgIpc) is 2.94. The number of nitrogens with zero attached hydrogens (tertiary/aromatic N) is 1. The predicted molar refractivity (Wildman–Crippen MR) is 111 cm³/mol. The lowest BCUT2D eigenvalue weighted by molar-refractivity contribution is -0.0437. The van der Waals surface area contributed by atoms with Gasteiger partial charge in [0.05, 0.1) is 11.9 Å². The van der Waals surface area contributed by atoms with Crippen LogP contribution in [0.3, 0.4) is 0 Å². The van der Waals surface area contributed by atoms with Crippen molar-refractivity contribution < 1.29 is 10.2 Å². The van der Waals surface area contributed by atoms with E-state index in [0.29, 0.717) is 29.4 Å². The SMILES string of the molecule is C[C@@H]1C=C2C[C@@H](O)CC[C@]2(C)[C@H]2CC[C@]3(C)C(c4cccnc4)=C(O)C[C@H]3[C@H]12. The van der Waals surface area contributed by atoms with Gasteiger partial charge in [-0.15, -0.1) is 0 Å². The van der Waals surface area contributed by atoms with E-state index in [0.717, 1.165) is 43.2 Å². The minimum atomic E-state index is -0.161. The van der Waals surface area contributed by atoms with Crippen molar-refractivity contribution in [2.24, 2.45) is 34.5 Å². The van der Waals surface area contributed by atoms with Gasteiger partial charge in [0.2, 0.25) is 0 Å². The Morgan fingerprint density at radius 1 is 1.07 bits per heavy atom. The topological polar surface area (TPSA) is 53.4 Å². The molecule has 0 amide bonds. The molecule has 0 bridgehead atoms. The summed E-state index contributed by atoms with van der Waals surface area (Å²) in [6.45, 7) is 7.22. The number of aliphatic hydroxyl groups is 2. The van der Waals surface area contributed by atoms with Gasteiger partial charge in [0.15, 0.2) is 0 Å². The number of aliphatic hydroxyl groups excluding tert-OH is 2. The Bertz CT molecular complexity index is 843. The molecule has 1 aromatic heterocycles. The predicted octanol–water partition coefficient (Wildman–Crippen LogP) is 5.53. The maximum Gasteiger partial charge on any atom is 0.0969 e. The molecule has 0 spiro atoms. The molecule has 5 rings (SSSR count). The third kappa shape index (κ3) is 2.41. The number of hydrogen-bond donors (Lipinski definition) is 2. The van der Waals surface area contributed by atoms with Gasteiger partial charge in [0, 0.05) is 24.4 Å². The Morgan fingerprint density at radius 2 is 1.86 bits per heavy atom. The second-order valence-electron chi connectivity index (χ2n) is 10.4. The molecule has 4 aliphatic rings. The van der Waals surface area contributed by atoms with Gasteiger partial charge >= 0.3 is 0 Å². The maximum absolute atomic E-state index is 11.0. The summed E-state index contributed by atoms with van der Waals surface area (Å²) in [4.78, 5) is 4.32. The minimum Gasteiger partial charge on any atom is -0.512 e. The van der Waals surface area contributed by atoms with Crippen LogP contribution in [-0.4, -0.2) is 21.3 Å². The van der Waals surface area contributed by atoms with Crippen molar-refractivity contribution in [3.05, 3.63) is 47.5 Å². The van der Waals surface area contributed by atoms with Crippen molar-refractivity contribution in [3.63, 3.8) is 0 Å². The van der Waals surface area contributed by atoms with E-state index in [2.05, 4.69) is 37.9 Å². The second-order valence-corrected chi connectivity index (χ2v) is 10.4. The van der Waals surface area contributed by atoms with E-state index in [-0.39, 0.29) is 16.9 Å². The average molecular weight is 380 g/mol. The zero-order valence-electron chi connectivity index (χ0n) is 17.4. The molecule has 1 aromatic rings. The van der Waals surface area contributed by atoms with E-state index in [1.54, 1.807) is 6.20 Å². The molecular weight excluding hydrogens is 346 g/mol. The third-order valence-corrected chi connectivity index (χ3v) is 9.02. The van der Waals surface area contributed by atoms with E-state index in [1.165, 1.54) is 12.0 Å². The number of hydrogen-bond acceptors (Lipinski definition) is 3. The zero-order chi connectivity index (χ0) is 19.7. The fourth-order valence-electron chi connectivity index (χ4n) is 7.66. The molecule has 0 aliphatic heterocycles. The molecule has 150 valence electrons. The van der Waals surface area contributed by atoms with Crippen LogP contribution in [0.4, 0.5) is 0 Å². The molecule has 3 nitrogen and oxygen atoms in total. The monoisotopic (exact) mass is 379 g/mol.